The lowest BCUT2D eigenvalue weighted by Gasteiger charge is -2.43. The van der Waals surface area contributed by atoms with Crippen LogP contribution >= 0.6 is 15.9 Å². The van der Waals surface area contributed by atoms with Gasteiger partial charge in [0.25, 0.3) is 0 Å². The molecule has 0 aromatic heterocycles. The van der Waals surface area contributed by atoms with E-state index in [2.05, 4.69) is 106 Å². The average Bonchev–Trinajstić information content (AvgIpc) is 2.68. The summed E-state index contributed by atoms with van der Waals surface area (Å²) in [6, 6.07) is 25.4. The summed E-state index contributed by atoms with van der Waals surface area (Å²) in [5.74, 6) is 0. The smallest absolute Gasteiger partial charge is 0.162 e. The second kappa shape index (κ2) is 5.87. The van der Waals surface area contributed by atoms with Gasteiger partial charge in [-0.25, -0.2) is 0 Å². The monoisotopic (exact) mass is 389 g/mol. The molecule has 25 heavy (non-hydrogen) atoms. The lowest BCUT2D eigenvalue weighted by Crippen LogP contribution is -2.35. The maximum absolute atomic E-state index is 6.63. The lowest BCUT2D eigenvalue weighted by molar-refractivity contribution is -0.000354. The SMILES string of the molecule is Brc1ccc(C2OC3c4ccccc4C=CN3c3ccccc32)cc1. The van der Waals surface area contributed by atoms with Crippen molar-refractivity contribution in [2.75, 3.05) is 4.90 Å². The van der Waals surface area contributed by atoms with Crippen molar-refractivity contribution in [2.24, 2.45) is 0 Å². The molecular weight excluding hydrogens is 374 g/mol. The van der Waals surface area contributed by atoms with Gasteiger partial charge in [0.2, 0.25) is 0 Å². The van der Waals surface area contributed by atoms with E-state index in [-0.39, 0.29) is 12.3 Å². The Morgan fingerprint density at radius 3 is 2.36 bits per heavy atom. The van der Waals surface area contributed by atoms with E-state index in [9.17, 15) is 0 Å². The highest BCUT2D eigenvalue weighted by Crippen LogP contribution is 2.47. The highest BCUT2D eigenvalue weighted by molar-refractivity contribution is 9.10. The van der Waals surface area contributed by atoms with Gasteiger partial charge in [0, 0.05) is 27.5 Å². The summed E-state index contributed by atoms with van der Waals surface area (Å²) in [6.07, 6.45) is 4.10. The molecule has 3 heteroatoms. The third kappa shape index (κ3) is 2.43. The number of hydrogen-bond donors (Lipinski definition) is 0. The molecule has 0 N–H and O–H groups in total. The average molecular weight is 390 g/mol. The fourth-order valence-corrected chi connectivity index (χ4v) is 3.93. The molecule has 0 amide bonds. The number of rotatable bonds is 1. The summed E-state index contributed by atoms with van der Waals surface area (Å²) >= 11 is 3.52. The van der Waals surface area contributed by atoms with Gasteiger partial charge in [-0.1, -0.05) is 70.5 Å². The lowest BCUT2D eigenvalue weighted by atomic mass is 9.94. The fourth-order valence-electron chi connectivity index (χ4n) is 3.66. The molecule has 2 atom stereocenters. The number of hydrogen-bond acceptors (Lipinski definition) is 2. The molecule has 2 aliphatic rings. The minimum absolute atomic E-state index is 0.0786. The van der Waals surface area contributed by atoms with Crippen LogP contribution in [-0.2, 0) is 4.74 Å². The molecule has 0 saturated carbocycles. The molecule has 0 bridgehead atoms. The van der Waals surface area contributed by atoms with Crippen LogP contribution in [0.25, 0.3) is 6.08 Å². The van der Waals surface area contributed by atoms with E-state index < -0.39 is 0 Å². The van der Waals surface area contributed by atoms with E-state index in [1.165, 1.54) is 27.9 Å². The van der Waals surface area contributed by atoms with E-state index in [0.717, 1.165) is 4.47 Å². The zero-order valence-electron chi connectivity index (χ0n) is 13.5. The summed E-state index contributed by atoms with van der Waals surface area (Å²) in [4.78, 5) is 2.23. The Balaban J connectivity index is 1.67. The first-order valence-electron chi connectivity index (χ1n) is 8.36. The van der Waals surface area contributed by atoms with Crippen LogP contribution in [0.5, 0.6) is 0 Å². The largest absolute Gasteiger partial charge is 0.341 e. The Bertz CT molecular complexity index is 964. The number of anilines is 1. The van der Waals surface area contributed by atoms with E-state index in [0.29, 0.717) is 0 Å². The first-order valence-corrected chi connectivity index (χ1v) is 9.16. The predicted molar refractivity (Wildman–Crippen MR) is 104 cm³/mol. The van der Waals surface area contributed by atoms with Crippen molar-refractivity contribution in [1.29, 1.82) is 0 Å². The highest BCUT2D eigenvalue weighted by Gasteiger charge is 2.36. The molecule has 2 nitrogen and oxygen atoms in total. The molecule has 122 valence electrons. The number of para-hydroxylation sites is 1. The van der Waals surface area contributed by atoms with Gasteiger partial charge in [0.1, 0.15) is 6.10 Å². The quantitative estimate of drug-likeness (QED) is 0.501. The molecular formula is C22H16BrNO. The summed E-state index contributed by atoms with van der Waals surface area (Å²) in [5, 5.41) is 0. The molecule has 5 rings (SSSR count). The van der Waals surface area contributed by atoms with Crippen LogP contribution in [0, 0.1) is 0 Å². The highest BCUT2D eigenvalue weighted by atomic mass is 79.9. The Labute approximate surface area is 155 Å². The zero-order valence-corrected chi connectivity index (χ0v) is 15.1. The third-order valence-corrected chi connectivity index (χ3v) is 5.39. The van der Waals surface area contributed by atoms with Gasteiger partial charge in [-0.3, -0.25) is 0 Å². The summed E-state index contributed by atoms with van der Waals surface area (Å²) < 4.78 is 7.71. The molecule has 3 aromatic rings. The Morgan fingerprint density at radius 1 is 0.800 bits per heavy atom. The van der Waals surface area contributed by atoms with Crippen molar-refractivity contribution >= 4 is 27.7 Å². The normalized spacial score (nSPS) is 20.6. The number of nitrogens with zero attached hydrogens (tertiary/aromatic N) is 1. The molecule has 0 aliphatic carbocycles. The van der Waals surface area contributed by atoms with Gasteiger partial charge in [0.15, 0.2) is 6.23 Å². The van der Waals surface area contributed by atoms with Crippen molar-refractivity contribution in [3.63, 3.8) is 0 Å². The molecule has 2 heterocycles. The minimum atomic E-state index is -0.107. The zero-order chi connectivity index (χ0) is 16.8. The van der Waals surface area contributed by atoms with E-state index in [1.807, 2.05) is 0 Å². The van der Waals surface area contributed by atoms with Crippen LogP contribution in [0.3, 0.4) is 0 Å². The van der Waals surface area contributed by atoms with Crippen LogP contribution in [0.2, 0.25) is 0 Å². The first kappa shape index (κ1) is 14.9. The maximum Gasteiger partial charge on any atom is 0.162 e. The second-order valence-corrected chi connectivity index (χ2v) is 7.25. The van der Waals surface area contributed by atoms with E-state index >= 15 is 0 Å². The second-order valence-electron chi connectivity index (χ2n) is 6.33. The van der Waals surface area contributed by atoms with Crippen LogP contribution in [0.4, 0.5) is 5.69 Å². The first-order chi connectivity index (χ1) is 12.3. The molecule has 0 fully saturated rings. The van der Waals surface area contributed by atoms with Crippen molar-refractivity contribution in [3.8, 4) is 0 Å². The number of fused-ring (bicyclic) bond motifs is 5. The standard InChI is InChI=1S/C22H16BrNO/c23-17-11-9-16(10-12-17)21-19-7-3-4-8-20(19)24-14-13-15-5-1-2-6-18(15)22(24)25-21/h1-14,21-22H. The summed E-state index contributed by atoms with van der Waals surface area (Å²) in [5.41, 5.74) is 6.00. The van der Waals surface area contributed by atoms with Gasteiger partial charge in [-0.05, 0) is 35.4 Å². The van der Waals surface area contributed by atoms with E-state index in [4.69, 9.17) is 4.74 Å². The third-order valence-electron chi connectivity index (χ3n) is 4.86. The fraction of sp³-hybridized carbons (Fsp3) is 0.0909. The van der Waals surface area contributed by atoms with Gasteiger partial charge >= 0.3 is 0 Å². The van der Waals surface area contributed by atoms with Crippen molar-refractivity contribution in [3.05, 3.63) is 106 Å². The molecule has 3 aromatic carbocycles. The van der Waals surface area contributed by atoms with Crippen LogP contribution < -0.4 is 4.90 Å². The van der Waals surface area contributed by atoms with Crippen LogP contribution in [0.1, 0.15) is 34.6 Å². The number of halogens is 1. The molecule has 0 radical (unpaired) electrons. The maximum atomic E-state index is 6.63. The summed E-state index contributed by atoms with van der Waals surface area (Å²) in [6.45, 7) is 0. The van der Waals surface area contributed by atoms with Gasteiger partial charge < -0.3 is 9.64 Å². The van der Waals surface area contributed by atoms with Crippen LogP contribution in [-0.4, -0.2) is 0 Å². The minimum Gasteiger partial charge on any atom is -0.341 e. The Morgan fingerprint density at radius 2 is 1.52 bits per heavy atom. The topological polar surface area (TPSA) is 12.5 Å². The van der Waals surface area contributed by atoms with Crippen molar-refractivity contribution in [1.82, 2.24) is 0 Å². The molecule has 2 aliphatic heterocycles. The number of benzene rings is 3. The summed E-state index contributed by atoms with van der Waals surface area (Å²) in [7, 11) is 0. The van der Waals surface area contributed by atoms with Crippen LogP contribution in [0.15, 0.2) is 83.5 Å². The Hall–Kier alpha value is -2.36. The van der Waals surface area contributed by atoms with E-state index in [1.54, 1.807) is 0 Å². The Kier molecular flexibility index (Phi) is 3.51. The van der Waals surface area contributed by atoms with Gasteiger partial charge in [-0.2, -0.15) is 0 Å². The predicted octanol–water partition coefficient (Wildman–Crippen LogP) is 6.06. The molecule has 0 saturated heterocycles. The van der Waals surface area contributed by atoms with Crippen molar-refractivity contribution in [2.45, 2.75) is 12.3 Å². The molecule has 0 spiro atoms. The number of ether oxygens (including phenoxy) is 1. The van der Waals surface area contributed by atoms with Gasteiger partial charge in [0.05, 0.1) is 0 Å². The van der Waals surface area contributed by atoms with Crippen molar-refractivity contribution < 1.29 is 4.74 Å². The van der Waals surface area contributed by atoms with Gasteiger partial charge in [-0.15, -0.1) is 0 Å². The molecule has 2 unspecified atom stereocenters.